The zero-order valence-electron chi connectivity index (χ0n) is 18.0. The highest BCUT2D eigenvalue weighted by molar-refractivity contribution is 6.31. The van der Waals surface area contributed by atoms with Crippen LogP contribution in [-0.4, -0.2) is 27.4 Å². The molecule has 32 heavy (non-hydrogen) atoms. The van der Waals surface area contributed by atoms with E-state index in [4.69, 9.17) is 11.6 Å². The van der Waals surface area contributed by atoms with Crippen LogP contribution in [0.25, 0.3) is 11.8 Å². The molecule has 3 aromatic rings. The second-order valence-corrected chi connectivity index (χ2v) is 8.66. The summed E-state index contributed by atoms with van der Waals surface area (Å²) < 4.78 is 29.5. The minimum absolute atomic E-state index is 0.209. The summed E-state index contributed by atoms with van der Waals surface area (Å²) in [5.41, 5.74) is 2.05. The fourth-order valence-corrected chi connectivity index (χ4v) is 4.48. The summed E-state index contributed by atoms with van der Waals surface area (Å²) in [6, 6.07) is 12.3. The van der Waals surface area contributed by atoms with Crippen LogP contribution in [-0.2, 0) is 13.6 Å². The van der Waals surface area contributed by atoms with Crippen molar-refractivity contribution in [3.05, 3.63) is 92.9 Å². The van der Waals surface area contributed by atoms with Crippen molar-refractivity contribution in [2.75, 3.05) is 13.1 Å². The van der Waals surface area contributed by atoms with Crippen LogP contribution in [0.4, 0.5) is 8.78 Å². The maximum Gasteiger partial charge on any atom is 0.290 e. The molecule has 168 valence electrons. The number of allylic oxidation sites excluding steroid dienone is 1. The number of halogens is 3. The van der Waals surface area contributed by atoms with Crippen molar-refractivity contribution in [1.82, 2.24) is 14.3 Å². The zero-order valence-corrected chi connectivity index (χ0v) is 18.7. The third-order valence-electron chi connectivity index (χ3n) is 6.13. The molecule has 0 atom stereocenters. The molecule has 0 unspecified atom stereocenters. The summed E-state index contributed by atoms with van der Waals surface area (Å²) in [6.07, 6.45) is 7.33. The second kappa shape index (κ2) is 9.84. The first-order chi connectivity index (χ1) is 15.4. The Balaban J connectivity index is 1.36. The van der Waals surface area contributed by atoms with Gasteiger partial charge < -0.3 is 0 Å². The van der Waals surface area contributed by atoms with Crippen LogP contribution in [0.3, 0.4) is 0 Å². The van der Waals surface area contributed by atoms with Gasteiger partial charge in [0.2, 0.25) is 0 Å². The predicted molar refractivity (Wildman–Crippen MR) is 124 cm³/mol. The van der Waals surface area contributed by atoms with Crippen molar-refractivity contribution in [1.29, 1.82) is 0 Å². The third kappa shape index (κ3) is 5.03. The van der Waals surface area contributed by atoms with Crippen molar-refractivity contribution >= 4 is 17.7 Å². The molecule has 0 radical (unpaired) electrons. The van der Waals surface area contributed by atoms with E-state index in [-0.39, 0.29) is 22.2 Å². The van der Waals surface area contributed by atoms with E-state index in [1.165, 1.54) is 28.9 Å². The number of rotatable bonds is 6. The molecular weight excluding hydrogens is 432 g/mol. The number of aromatic nitrogens is 2. The molecule has 4 nitrogen and oxygen atoms in total. The summed E-state index contributed by atoms with van der Waals surface area (Å²) >= 11 is 6.40. The second-order valence-electron chi connectivity index (χ2n) is 8.29. The Labute approximate surface area is 191 Å². The van der Waals surface area contributed by atoms with Gasteiger partial charge in [0, 0.05) is 13.6 Å². The van der Waals surface area contributed by atoms with Crippen LogP contribution in [0.15, 0.2) is 59.4 Å². The van der Waals surface area contributed by atoms with Gasteiger partial charge in [0.15, 0.2) is 0 Å². The van der Waals surface area contributed by atoms with Gasteiger partial charge in [-0.2, -0.15) is 0 Å². The largest absolute Gasteiger partial charge is 0.297 e. The monoisotopic (exact) mass is 457 g/mol. The van der Waals surface area contributed by atoms with Crippen molar-refractivity contribution in [2.24, 2.45) is 13.0 Å². The fraction of sp³-hybridized carbons (Fsp3) is 0.320. The van der Waals surface area contributed by atoms with Crippen LogP contribution in [0.2, 0.25) is 5.02 Å². The van der Waals surface area contributed by atoms with Crippen LogP contribution < -0.4 is 5.56 Å². The normalized spacial score (nSPS) is 15.6. The van der Waals surface area contributed by atoms with E-state index in [2.05, 4.69) is 11.0 Å². The fourth-order valence-electron chi connectivity index (χ4n) is 4.22. The minimum atomic E-state index is -0.349. The van der Waals surface area contributed by atoms with E-state index in [0.717, 1.165) is 43.6 Å². The molecule has 0 spiro atoms. The van der Waals surface area contributed by atoms with Gasteiger partial charge in [-0.05, 0) is 80.2 Å². The first-order valence-corrected chi connectivity index (χ1v) is 11.2. The van der Waals surface area contributed by atoms with Gasteiger partial charge in [-0.1, -0.05) is 35.9 Å². The molecule has 1 aromatic heterocycles. The maximum absolute atomic E-state index is 13.3. The van der Waals surface area contributed by atoms with Gasteiger partial charge in [-0.25, -0.2) is 13.5 Å². The maximum atomic E-state index is 13.3. The predicted octanol–water partition coefficient (Wildman–Crippen LogP) is 5.42. The summed E-state index contributed by atoms with van der Waals surface area (Å²) in [5.74, 6) is 0.0314. The molecular formula is C25H26ClF2N3O. The first kappa shape index (κ1) is 22.5. The van der Waals surface area contributed by atoms with Crippen LogP contribution >= 0.6 is 11.6 Å². The van der Waals surface area contributed by atoms with Gasteiger partial charge in [0.05, 0.1) is 11.4 Å². The van der Waals surface area contributed by atoms with Crippen molar-refractivity contribution in [2.45, 2.75) is 25.8 Å². The van der Waals surface area contributed by atoms with Crippen molar-refractivity contribution < 1.29 is 8.78 Å². The number of piperidine rings is 1. The van der Waals surface area contributed by atoms with E-state index in [0.29, 0.717) is 18.2 Å². The lowest BCUT2D eigenvalue weighted by atomic mass is 9.93. The standard InChI is InChI=1S/C25H26ClF2N3O/c1-29-23(24(26)25(32)31(29)22-11-9-21(28)10-12-22)17-30-15-13-19(14-16-30)4-2-3-18-5-7-20(27)8-6-18/h2-3,5-12,19H,4,13-17H2,1H3. The van der Waals surface area contributed by atoms with Crippen LogP contribution in [0.5, 0.6) is 0 Å². The zero-order chi connectivity index (χ0) is 22.7. The number of hydrogen-bond donors (Lipinski definition) is 0. The lowest BCUT2D eigenvalue weighted by Gasteiger charge is -2.31. The molecule has 2 aromatic carbocycles. The summed E-state index contributed by atoms with van der Waals surface area (Å²) in [5, 5.41) is 0.209. The van der Waals surface area contributed by atoms with Crippen molar-refractivity contribution in [3.8, 4) is 5.69 Å². The molecule has 1 saturated heterocycles. The molecule has 1 aliphatic rings. The lowest BCUT2D eigenvalue weighted by molar-refractivity contribution is 0.174. The Morgan fingerprint density at radius 2 is 1.59 bits per heavy atom. The summed E-state index contributed by atoms with van der Waals surface area (Å²) in [7, 11) is 1.80. The van der Waals surface area contributed by atoms with E-state index in [9.17, 15) is 13.6 Å². The quantitative estimate of drug-likeness (QED) is 0.494. The number of likely N-dealkylation sites (tertiary alicyclic amines) is 1. The molecule has 4 rings (SSSR count). The topological polar surface area (TPSA) is 30.2 Å². The molecule has 0 amide bonds. The highest BCUT2D eigenvalue weighted by Crippen LogP contribution is 2.24. The molecule has 1 fully saturated rings. The Morgan fingerprint density at radius 1 is 1.00 bits per heavy atom. The average molecular weight is 458 g/mol. The number of benzene rings is 2. The Morgan fingerprint density at radius 3 is 2.22 bits per heavy atom. The van der Waals surface area contributed by atoms with Crippen LogP contribution in [0, 0.1) is 17.6 Å². The third-order valence-corrected chi connectivity index (χ3v) is 6.51. The number of nitrogens with zero attached hydrogens (tertiary/aromatic N) is 3. The highest BCUT2D eigenvalue weighted by atomic mass is 35.5. The Hall–Kier alpha value is -2.70. The Bertz CT molecular complexity index is 1140. The van der Waals surface area contributed by atoms with Gasteiger partial charge in [-0.15, -0.1) is 0 Å². The van der Waals surface area contributed by atoms with E-state index in [1.54, 1.807) is 36.0 Å². The molecule has 1 aliphatic heterocycles. The minimum Gasteiger partial charge on any atom is -0.297 e. The number of hydrogen-bond acceptors (Lipinski definition) is 2. The van der Waals surface area contributed by atoms with Gasteiger partial charge in [-0.3, -0.25) is 14.4 Å². The van der Waals surface area contributed by atoms with Gasteiger partial charge in [0.1, 0.15) is 16.7 Å². The molecule has 2 heterocycles. The Kier molecular flexibility index (Phi) is 6.92. The SMILES string of the molecule is Cn1c(CN2CCC(CC=Cc3ccc(F)cc3)CC2)c(Cl)c(=O)n1-c1ccc(F)cc1. The average Bonchev–Trinajstić information content (AvgIpc) is 3.00. The summed E-state index contributed by atoms with van der Waals surface area (Å²) in [6.45, 7) is 2.46. The highest BCUT2D eigenvalue weighted by Gasteiger charge is 2.23. The summed E-state index contributed by atoms with van der Waals surface area (Å²) in [4.78, 5) is 15.0. The molecule has 0 aliphatic carbocycles. The van der Waals surface area contributed by atoms with Crippen molar-refractivity contribution in [3.63, 3.8) is 0 Å². The van der Waals surface area contributed by atoms with E-state index < -0.39 is 0 Å². The smallest absolute Gasteiger partial charge is 0.290 e. The van der Waals surface area contributed by atoms with Gasteiger partial charge in [0.25, 0.3) is 5.56 Å². The van der Waals surface area contributed by atoms with E-state index >= 15 is 0 Å². The van der Waals surface area contributed by atoms with Crippen LogP contribution in [0.1, 0.15) is 30.5 Å². The molecule has 0 saturated carbocycles. The van der Waals surface area contributed by atoms with Gasteiger partial charge >= 0.3 is 0 Å². The molecule has 0 bridgehead atoms. The molecule has 7 heteroatoms. The lowest BCUT2D eigenvalue weighted by Crippen LogP contribution is -2.34. The van der Waals surface area contributed by atoms with E-state index in [1.807, 2.05) is 6.08 Å². The molecule has 0 N–H and O–H groups in total. The first-order valence-electron chi connectivity index (χ1n) is 10.8.